The Morgan fingerprint density at radius 1 is 0.667 bits per heavy atom. The fourth-order valence-electron chi connectivity index (χ4n) is 3.03. The lowest BCUT2D eigenvalue weighted by molar-refractivity contribution is 0.967. The second-order valence-electron chi connectivity index (χ2n) is 5.47. The summed E-state index contributed by atoms with van der Waals surface area (Å²) >= 11 is 0. The van der Waals surface area contributed by atoms with Gasteiger partial charge < -0.3 is 14.5 Å². The minimum Gasteiger partial charge on any atom is -0.352 e. The molecule has 0 saturated heterocycles. The molecule has 0 fully saturated rings. The molecule has 0 atom stereocenters. The quantitative estimate of drug-likeness (QED) is 0.575. The summed E-state index contributed by atoms with van der Waals surface area (Å²) in [4.78, 5) is 0. The van der Waals surface area contributed by atoms with Crippen molar-refractivity contribution in [3.63, 3.8) is 0 Å². The first-order valence-corrected chi connectivity index (χ1v) is 7.09. The molecule has 0 aliphatic carbocycles. The normalized spacial score (nSPS) is 11.3. The zero-order valence-electron chi connectivity index (χ0n) is 12.2. The average Bonchev–Trinajstić information content (AvgIpc) is 3.00. The summed E-state index contributed by atoms with van der Waals surface area (Å²) in [5.74, 6) is 0. The number of aryl methyl sites for hydroxylation is 2. The molecule has 3 heteroatoms. The van der Waals surface area contributed by atoms with Gasteiger partial charge in [-0.15, -0.1) is 0 Å². The zero-order chi connectivity index (χ0) is 14.4. The molecule has 0 unspecified atom stereocenters. The first-order chi connectivity index (χ1) is 10.2. The fourth-order valence-corrected chi connectivity index (χ4v) is 3.03. The molecule has 2 aromatic heterocycles. The first-order valence-electron chi connectivity index (χ1n) is 7.09. The van der Waals surface area contributed by atoms with Crippen molar-refractivity contribution in [2.24, 2.45) is 14.1 Å². The molecule has 21 heavy (non-hydrogen) atoms. The summed E-state index contributed by atoms with van der Waals surface area (Å²) in [6.45, 7) is 0. The maximum absolute atomic E-state index is 3.59. The number of fused-ring (bicyclic) bond motifs is 2. The van der Waals surface area contributed by atoms with Crippen LogP contribution in [-0.2, 0) is 14.1 Å². The van der Waals surface area contributed by atoms with Gasteiger partial charge in [-0.25, -0.2) is 0 Å². The molecular weight excluding hydrogens is 258 g/mol. The van der Waals surface area contributed by atoms with Crippen molar-refractivity contribution in [2.45, 2.75) is 0 Å². The lowest BCUT2D eigenvalue weighted by Crippen LogP contribution is -1.88. The van der Waals surface area contributed by atoms with Crippen LogP contribution in [0.3, 0.4) is 0 Å². The standard InChI is InChI=1S/C18H17N3/c1-20-11-15(13-7-3-5-9-17(13)20)19-16-12-21(2)18-10-6-4-8-14(16)18/h3-12,19H,1-2H3. The van der Waals surface area contributed by atoms with Gasteiger partial charge in [0.15, 0.2) is 0 Å². The van der Waals surface area contributed by atoms with Crippen LogP contribution in [0, 0.1) is 0 Å². The maximum atomic E-state index is 3.59. The van der Waals surface area contributed by atoms with Crippen molar-refractivity contribution in [3.05, 3.63) is 60.9 Å². The molecule has 0 aliphatic heterocycles. The summed E-state index contributed by atoms with van der Waals surface area (Å²) in [6.07, 6.45) is 4.29. The van der Waals surface area contributed by atoms with Gasteiger partial charge >= 0.3 is 0 Å². The Labute approximate surface area is 123 Å². The topological polar surface area (TPSA) is 21.9 Å². The van der Waals surface area contributed by atoms with Crippen molar-refractivity contribution in [3.8, 4) is 0 Å². The predicted octanol–water partition coefficient (Wildman–Crippen LogP) is 4.41. The van der Waals surface area contributed by atoms with Crippen LogP contribution in [0.2, 0.25) is 0 Å². The Morgan fingerprint density at radius 2 is 1.10 bits per heavy atom. The number of nitrogens with zero attached hydrogens (tertiary/aromatic N) is 2. The molecule has 2 aromatic carbocycles. The van der Waals surface area contributed by atoms with Crippen LogP contribution in [0.15, 0.2) is 60.9 Å². The molecular formula is C18H17N3. The summed E-state index contributed by atoms with van der Waals surface area (Å²) < 4.78 is 4.31. The Morgan fingerprint density at radius 3 is 1.57 bits per heavy atom. The summed E-state index contributed by atoms with van der Waals surface area (Å²) in [5.41, 5.74) is 4.76. The van der Waals surface area contributed by atoms with E-state index in [-0.39, 0.29) is 0 Å². The van der Waals surface area contributed by atoms with Crippen molar-refractivity contribution < 1.29 is 0 Å². The number of para-hydroxylation sites is 2. The number of rotatable bonds is 2. The van der Waals surface area contributed by atoms with E-state index in [0.717, 1.165) is 11.4 Å². The van der Waals surface area contributed by atoms with Crippen LogP contribution in [-0.4, -0.2) is 9.13 Å². The Kier molecular flexibility index (Phi) is 2.54. The highest BCUT2D eigenvalue weighted by Gasteiger charge is 2.09. The van der Waals surface area contributed by atoms with Gasteiger partial charge in [-0.05, 0) is 12.1 Å². The molecule has 0 radical (unpaired) electrons. The van der Waals surface area contributed by atoms with Crippen LogP contribution >= 0.6 is 0 Å². The number of hydrogen-bond donors (Lipinski definition) is 1. The molecule has 1 N–H and O–H groups in total. The van der Waals surface area contributed by atoms with Crippen LogP contribution < -0.4 is 5.32 Å². The Balaban J connectivity index is 1.87. The first kappa shape index (κ1) is 12.1. The van der Waals surface area contributed by atoms with E-state index in [1.54, 1.807) is 0 Å². The van der Waals surface area contributed by atoms with E-state index in [9.17, 15) is 0 Å². The smallest absolute Gasteiger partial charge is 0.0644 e. The van der Waals surface area contributed by atoms with Crippen molar-refractivity contribution in [1.82, 2.24) is 9.13 Å². The van der Waals surface area contributed by atoms with E-state index >= 15 is 0 Å². The highest BCUT2D eigenvalue weighted by molar-refractivity contribution is 6.00. The molecule has 0 bridgehead atoms. The number of anilines is 2. The molecule has 4 aromatic rings. The third-order valence-electron chi connectivity index (χ3n) is 4.06. The van der Waals surface area contributed by atoms with Crippen molar-refractivity contribution in [1.29, 1.82) is 0 Å². The maximum Gasteiger partial charge on any atom is 0.0644 e. The Hall–Kier alpha value is -2.68. The lowest BCUT2D eigenvalue weighted by atomic mass is 10.2. The minimum absolute atomic E-state index is 1.14. The third kappa shape index (κ3) is 1.82. The van der Waals surface area contributed by atoms with Gasteiger partial charge in [0.05, 0.1) is 11.4 Å². The lowest BCUT2D eigenvalue weighted by Gasteiger charge is -2.03. The molecule has 0 amide bonds. The largest absolute Gasteiger partial charge is 0.352 e. The van der Waals surface area contributed by atoms with Gasteiger partial charge in [-0.2, -0.15) is 0 Å². The number of benzene rings is 2. The second-order valence-corrected chi connectivity index (χ2v) is 5.47. The molecule has 0 spiro atoms. The van der Waals surface area contributed by atoms with Gasteiger partial charge in [0.25, 0.3) is 0 Å². The molecule has 3 nitrogen and oxygen atoms in total. The summed E-state index contributed by atoms with van der Waals surface area (Å²) in [6, 6.07) is 16.9. The molecule has 104 valence electrons. The molecule has 4 rings (SSSR count). The summed E-state index contributed by atoms with van der Waals surface area (Å²) in [5, 5.41) is 6.08. The van der Waals surface area contributed by atoms with E-state index in [4.69, 9.17) is 0 Å². The highest BCUT2D eigenvalue weighted by atomic mass is 15.0. The van der Waals surface area contributed by atoms with Crippen LogP contribution in [0.25, 0.3) is 21.8 Å². The van der Waals surface area contributed by atoms with Gasteiger partial charge in [-0.3, -0.25) is 0 Å². The Bertz CT molecular complexity index is 866. The fraction of sp³-hybridized carbons (Fsp3) is 0.111. The molecule has 2 heterocycles. The van der Waals surface area contributed by atoms with E-state index < -0.39 is 0 Å². The van der Waals surface area contributed by atoms with E-state index in [1.807, 2.05) is 0 Å². The van der Waals surface area contributed by atoms with Crippen molar-refractivity contribution >= 4 is 33.2 Å². The molecule has 0 aliphatic rings. The SMILES string of the molecule is Cn1cc(Nc2cn(C)c3ccccc23)c2ccccc21. The number of aromatic nitrogens is 2. The highest BCUT2D eigenvalue weighted by Crippen LogP contribution is 2.32. The van der Waals surface area contributed by atoms with Crippen LogP contribution in [0.4, 0.5) is 11.4 Å². The third-order valence-corrected chi connectivity index (χ3v) is 4.06. The molecule has 0 saturated carbocycles. The van der Waals surface area contributed by atoms with Gasteiger partial charge in [0.1, 0.15) is 0 Å². The van der Waals surface area contributed by atoms with E-state index in [2.05, 4.69) is 89.5 Å². The minimum atomic E-state index is 1.14. The second kappa shape index (κ2) is 4.42. The van der Waals surface area contributed by atoms with Gasteiger partial charge in [0.2, 0.25) is 0 Å². The monoisotopic (exact) mass is 275 g/mol. The number of nitrogens with one attached hydrogen (secondary N) is 1. The zero-order valence-corrected chi connectivity index (χ0v) is 12.2. The predicted molar refractivity (Wildman–Crippen MR) is 89.1 cm³/mol. The van der Waals surface area contributed by atoms with Crippen molar-refractivity contribution in [2.75, 3.05) is 5.32 Å². The van der Waals surface area contributed by atoms with E-state index in [0.29, 0.717) is 0 Å². The number of hydrogen-bond acceptors (Lipinski definition) is 1. The van der Waals surface area contributed by atoms with Crippen LogP contribution in [0.5, 0.6) is 0 Å². The average molecular weight is 275 g/mol. The van der Waals surface area contributed by atoms with Gasteiger partial charge in [-0.1, -0.05) is 36.4 Å². The summed E-state index contributed by atoms with van der Waals surface area (Å²) in [7, 11) is 4.16. The van der Waals surface area contributed by atoms with E-state index in [1.165, 1.54) is 21.8 Å². The van der Waals surface area contributed by atoms with Crippen LogP contribution in [0.1, 0.15) is 0 Å². The van der Waals surface area contributed by atoms with Gasteiger partial charge in [0, 0.05) is 48.3 Å².